The first-order valence-corrected chi connectivity index (χ1v) is 7.10. The first-order valence-electron chi connectivity index (χ1n) is 5.49. The zero-order valence-electron chi connectivity index (χ0n) is 9.29. The Morgan fingerprint density at radius 1 is 1.50 bits per heavy atom. The van der Waals surface area contributed by atoms with Gasteiger partial charge < -0.3 is 4.74 Å². The summed E-state index contributed by atoms with van der Waals surface area (Å²) in [5.41, 5.74) is -0.490. The summed E-state index contributed by atoms with van der Waals surface area (Å²) in [5.74, 6) is 0.238. The van der Waals surface area contributed by atoms with Gasteiger partial charge in [-0.2, -0.15) is 0 Å². The molecule has 1 aliphatic rings. The fraction of sp³-hybridized carbons (Fsp3) is 0.583. The highest BCUT2D eigenvalue weighted by Gasteiger charge is 2.40. The fourth-order valence-corrected chi connectivity index (χ4v) is 3.79. The third-order valence-corrected chi connectivity index (χ3v) is 4.90. The average molecular weight is 303 g/mol. The molecule has 0 unspecified atom stereocenters. The molecule has 16 heavy (non-hydrogen) atoms. The number of methoxy groups -OCH3 is 1. The number of ketones is 1. The Morgan fingerprint density at radius 2 is 2.19 bits per heavy atom. The van der Waals surface area contributed by atoms with E-state index in [-0.39, 0.29) is 5.78 Å². The van der Waals surface area contributed by atoms with Crippen molar-refractivity contribution in [2.75, 3.05) is 7.11 Å². The first kappa shape index (κ1) is 12.3. The van der Waals surface area contributed by atoms with Gasteiger partial charge in [-0.05, 0) is 53.7 Å². The minimum atomic E-state index is -0.490. The summed E-state index contributed by atoms with van der Waals surface area (Å²) in [7, 11) is 1.66. The van der Waals surface area contributed by atoms with E-state index in [4.69, 9.17) is 4.74 Å². The normalized spacial score (nSPS) is 18.9. The molecule has 0 bridgehead atoms. The molecule has 1 heterocycles. The maximum atomic E-state index is 12.2. The summed E-state index contributed by atoms with van der Waals surface area (Å²) in [6.45, 7) is 0. The van der Waals surface area contributed by atoms with Crippen LogP contribution in [-0.2, 0) is 16.0 Å². The van der Waals surface area contributed by atoms with E-state index < -0.39 is 5.60 Å². The lowest BCUT2D eigenvalue weighted by Crippen LogP contribution is -2.38. The number of rotatable bonds is 4. The number of halogens is 1. The lowest BCUT2D eigenvalue weighted by atomic mass is 9.93. The van der Waals surface area contributed by atoms with Gasteiger partial charge in [0.2, 0.25) is 0 Å². The zero-order chi connectivity index (χ0) is 11.6. The highest BCUT2D eigenvalue weighted by atomic mass is 79.9. The second kappa shape index (κ2) is 4.98. The Balaban J connectivity index is 2.07. The number of hydrogen-bond acceptors (Lipinski definition) is 3. The minimum absolute atomic E-state index is 0.238. The van der Waals surface area contributed by atoms with E-state index in [2.05, 4.69) is 15.9 Å². The number of Topliss-reactive ketones (excluding diaryl/α,β-unsaturated/α-hetero) is 1. The van der Waals surface area contributed by atoms with E-state index in [1.807, 2.05) is 12.1 Å². The first-order chi connectivity index (χ1) is 7.66. The number of ether oxygens (including phenoxy) is 1. The SMILES string of the molecule is COC1(C(=O)Cc2ccc(Br)s2)CCCC1. The van der Waals surface area contributed by atoms with Crippen LogP contribution in [0, 0.1) is 0 Å². The molecule has 88 valence electrons. The van der Waals surface area contributed by atoms with Crippen LogP contribution < -0.4 is 0 Å². The molecule has 2 rings (SSSR count). The van der Waals surface area contributed by atoms with Crippen LogP contribution in [0.25, 0.3) is 0 Å². The molecule has 4 heteroatoms. The highest BCUT2D eigenvalue weighted by Crippen LogP contribution is 2.35. The molecule has 1 fully saturated rings. The van der Waals surface area contributed by atoms with Crippen LogP contribution in [0.2, 0.25) is 0 Å². The molecule has 0 aliphatic heterocycles. The molecule has 0 N–H and O–H groups in total. The predicted molar refractivity (Wildman–Crippen MR) is 68.9 cm³/mol. The maximum Gasteiger partial charge on any atom is 0.169 e. The van der Waals surface area contributed by atoms with Gasteiger partial charge in [-0.15, -0.1) is 11.3 Å². The van der Waals surface area contributed by atoms with Crippen LogP contribution >= 0.6 is 27.3 Å². The predicted octanol–water partition coefficient (Wildman–Crippen LogP) is 3.58. The molecule has 0 amide bonds. The summed E-state index contributed by atoms with van der Waals surface area (Å²) in [5, 5.41) is 0. The van der Waals surface area contributed by atoms with E-state index in [0.29, 0.717) is 6.42 Å². The standard InChI is InChI=1S/C12H15BrO2S/c1-15-12(6-2-3-7-12)10(14)8-9-4-5-11(13)16-9/h4-5H,2-3,6-8H2,1H3. The molecule has 0 spiro atoms. The molecule has 2 nitrogen and oxygen atoms in total. The highest BCUT2D eigenvalue weighted by molar-refractivity contribution is 9.11. The van der Waals surface area contributed by atoms with Gasteiger partial charge >= 0.3 is 0 Å². The van der Waals surface area contributed by atoms with Gasteiger partial charge in [0, 0.05) is 18.4 Å². The fourth-order valence-electron chi connectivity index (χ4n) is 2.31. The maximum absolute atomic E-state index is 12.2. The van der Waals surface area contributed by atoms with Crippen molar-refractivity contribution in [2.24, 2.45) is 0 Å². The van der Waals surface area contributed by atoms with Gasteiger partial charge in [0.1, 0.15) is 5.60 Å². The number of carbonyl (C=O) groups excluding carboxylic acids is 1. The molecule has 0 atom stereocenters. The minimum Gasteiger partial charge on any atom is -0.370 e. The van der Waals surface area contributed by atoms with Gasteiger partial charge in [-0.3, -0.25) is 4.79 Å². The Bertz CT molecular complexity index is 380. The van der Waals surface area contributed by atoms with Crippen LogP contribution in [0.15, 0.2) is 15.9 Å². The molecule has 1 aliphatic carbocycles. The topological polar surface area (TPSA) is 26.3 Å². The monoisotopic (exact) mass is 302 g/mol. The average Bonchev–Trinajstić information content (AvgIpc) is 2.88. The number of hydrogen-bond donors (Lipinski definition) is 0. The van der Waals surface area contributed by atoms with E-state index in [9.17, 15) is 4.79 Å². The molecular weight excluding hydrogens is 288 g/mol. The molecule has 1 aromatic heterocycles. The van der Waals surface area contributed by atoms with Gasteiger partial charge in [-0.25, -0.2) is 0 Å². The van der Waals surface area contributed by atoms with Crippen LogP contribution in [0.5, 0.6) is 0 Å². The van der Waals surface area contributed by atoms with Crippen LogP contribution in [-0.4, -0.2) is 18.5 Å². The Morgan fingerprint density at radius 3 is 2.69 bits per heavy atom. The van der Waals surface area contributed by atoms with Crippen molar-refractivity contribution in [1.82, 2.24) is 0 Å². The summed E-state index contributed by atoms with van der Waals surface area (Å²) in [4.78, 5) is 13.4. The van der Waals surface area contributed by atoms with Crippen LogP contribution in [0.3, 0.4) is 0 Å². The lowest BCUT2D eigenvalue weighted by Gasteiger charge is -2.25. The summed E-state index contributed by atoms with van der Waals surface area (Å²) in [6.07, 6.45) is 4.48. The van der Waals surface area contributed by atoms with E-state index in [0.717, 1.165) is 34.3 Å². The molecular formula is C12H15BrO2S. The second-order valence-corrected chi connectivity index (χ2v) is 6.76. The number of carbonyl (C=O) groups is 1. The second-order valence-electron chi connectivity index (χ2n) is 4.21. The lowest BCUT2D eigenvalue weighted by molar-refractivity contribution is -0.139. The van der Waals surface area contributed by atoms with Gasteiger partial charge in [0.25, 0.3) is 0 Å². The molecule has 0 aromatic carbocycles. The molecule has 1 aromatic rings. The van der Waals surface area contributed by atoms with Crippen molar-refractivity contribution in [3.63, 3.8) is 0 Å². The van der Waals surface area contributed by atoms with Crippen molar-refractivity contribution in [3.8, 4) is 0 Å². The third kappa shape index (κ3) is 2.39. The van der Waals surface area contributed by atoms with E-state index in [1.54, 1.807) is 18.4 Å². The Hall–Kier alpha value is -0.190. The van der Waals surface area contributed by atoms with Gasteiger partial charge in [-0.1, -0.05) is 0 Å². The van der Waals surface area contributed by atoms with E-state index >= 15 is 0 Å². The Kier molecular flexibility index (Phi) is 3.82. The largest absolute Gasteiger partial charge is 0.370 e. The van der Waals surface area contributed by atoms with Gasteiger partial charge in [0.05, 0.1) is 3.79 Å². The molecule has 0 radical (unpaired) electrons. The third-order valence-electron chi connectivity index (χ3n) is 3.27. The van der Waals surface area contributed by atoms with E-state index in [1.165, 1.54) is 0 Å². The summed E-state index contributed by atoms with van der Waals surface area (Å²) < 4.78 is 6.56. The van der Waals surface area contributed by atoms with Crippen molar-refractivity contribution in [3.05, 3.63) is 20.8 Å². The molecule has 0 saturated heterocycles. The van der Waals surface area contributed by atoms with Crippen molar-refractivity contribution >= 4 is 33.0 Å². The number of thiophene rings is 1. The summed E-state index contributed by atoms with van der Waals surface area (Å²) in [6, 6.07) is 3.99. The smallest absolute Gasteiger partial charge is 0.169 e. The van der Waals surface area contributed by atoms with Crippen molar-refractivity contribution in [2.45, 2.75) is 37.7 Å². The van der Waals surface area contributed by atoms with Crippen molar-refractivity contribution < 1.29 is 9.53 Å². The zero-order valence-corrected chi connectivity index (χ0v) is 11.7. The molecule has 1 saturated carbocycles. The van der Waals surface area contributed by atoms with Crippen LogP contribution in [0.1, 0.15) is 30.6 Å². The quantitative estimate of drug-likeness (QED) is 0.850. The summed E-state index contributed by atoms with van der Waals surface area (Å²) >= 11 is 5.04. The van der Waals surface area contributed by atoms with Crippen LogP contribution in [0.4, 0.5) is 0 Å². The van der Waals surface area contributed by atoms with Gasteiger partial charge in [0.15, 0.2) is 5.78 Å². The Labute approximate surface area is 108 Å². The van der Waals surface area contributed by atoms with Crippen molar-refractivity contribution in [1.29, 1.82) is 0 Å².